The van der Waals surface area contributed by atoms with Gasteiger partial charge in [-0.15, -0.1) is 0 Å². The summed E-state index contributed by atoms with van der Waals surface area (Å²) in [6.07, 6.45) is -2.66. The predicted molar refractivity (Wildman–Crippen MR) is 114 cm³/mol. The van der Waals surface area contributed by atoms with Gasteiger partial charge in [-0.1, -0.05) is 19.0 Å². The lowest BCUT2D eigenvalue weighted by Crippen LogP contribution is -2.42. The van der Waals surface area contributed by atoms with Gasteiger partial charge in [0.15, 0.2) is 15.5 Å². The lowest BCUT2D eigenvalue weighted by atomic mass is 10.00. The smallest absolute Gasteiger partial charge is 0.329 e. The van der Waals surface area contributed by atoms with Gasteiger partial charge >= 0.3 is 6.18 Å². The summed E-state index contributed by atoms with van der Waals surface area (Å²) >= 11 is 0. The van der Waals surface area contributed by atoms with Crippen LogP contribution in [-0.4, -0.2) is 40.7 Å². The number of fused-ring (bicyclic) bond motifs is 3. The summed E-state index contributed by atoms with van der Waals surface area (Å²) in [5.41, 5.74) is -0.344. The van der Waals surface area contributed by atoms with Crippen molar-refractivity contribution in [3.05, 3.63) is 46.4 Å². The summed E-state index contributed by atoms with van der Waals surface area (Å²) in [5.74, 6) is 0.392. The number of hydrogen-bond acceptors (Lipinski definition) is 8. The number of anilines is 1. The second-order valence-electron chi connectivity index (χ2n) is 8.26. The molecule has 0 radical (unpaired) electrons. The molecule has 4 rings (SSSR count). The van der Waals surface area contributed by atoms with Gasteiger partial charge in [0.2, 0.25) is 5.95 Å². The highest BCUT2D eigenvalue weighted by Crippen LogP contribution is 2.38. The van der Waals surface area contributed by atoms with Crippen LogP contribution >= 0.6 is 0 Å². The van der Waals surface area contributed by atoms with Crippen LogP contribution in [0.25, 0.3) is 11.0 Å². The van der Waals surface area contributed by atoms with Crippen molar-refractivity contribution >= 4 is 26.8 Å². The summed E-state index contributed by atoms with van der Waals surface area (Å²) in [6.45, 7) is 3.77. The van der Waals surface area contributed by atoms with Crippen molar-refractivity contribution < 1.29 is 21.6 Å². The van der Waals surface area contributed by atoms with E-state index in [2.05, 4.69) is 20.1 Å². The molecule has 1 unspecified atom stereocenters. The van der Waals surface area contributed by atoms with Gasteiger partial charge in [-0.2, -0.15) is 18.1 Å². The zero-order chi connectivity index (χ0) is 24.1. The van der Waals surface area contributed by atoms with E-state index in [1.165, 1.54) is 6.07 Å². The van der Waals surface area contributed by atoms with Gasteiger partial charge in [0.25, 0.3) is 0 Å². The minimum atomic E-state index is -4.77. The Labute approximate surface area is 187 Å². The Balaban J connectivity index is 1.83. The molecular formula is C20H21F3N6O3S. The second kappa shape index (κ2) is 8.04. The Morgan fingerprint density at radius 1 is 1.21 bits per heavy atom. The van der Waals surface area contributed by atoms with E-state index in [0.29, 0.717) is 23.4 Å². The molecule has 1 aliphatic heterocycles. The molecule has 0 saturated carbocycles. The number of benzene rings is 1. The molecule has 33 heavy (non-hydrogen) atoms. The zero-order valence-electron chi connectivity index (χ0n) is 18.0. The zero-order valence-corrected chi connectivity index (χ0v) is 18.9. The Hall–Kier alpha value is -3.09. The average Bonchev–Trinajstić information content (AvgIpc) is 3.09. The van der Waals surface area contributed by atoms with Crippen LogP contribution in [0.1, 0.15) is 37.0 Å². The fourth-order valence-electron chi connectivity index (χ4n) is 4.15. The number of hydrogen-bond donors (Lipinski definition) is 0. The summed E-state index contributed by atoms with van der Waals surface area (Å²) in [7, 11) is -3.42. The van der Waals surface area contributed by atoms with E-state index in [4.69, 9.17) is 0 Å². The third-order valence-electron chi connectivity index (χ3n) is 5.59. The van der Waals surface area contributed by atoms with Gasteiger partial charge < -0.3 is 9.47 Å². The summed E-state index contributed by atoms with van der Waals surface area (Å²) in [6, 6.07) is 4.22. The van der Waals surface area contributed by atoms with Crippen molar-refractivity contribution in [1.29, 1.82) is 0 Å². The summed E-state index contributed by atoms with van der Waals surface area (Å²) in [4.78, 5) is 24.9. The molecule has 9 nitrogen and oxygen atoms in total. The first-order valence-electron chi connectivity index (χ1n) is 10.1. The number of nitrogens with zero attached hydrogens (tertiary/aromatic N) is 6. The van der Waals surface area contributed by atoms with Gasteiger partial charge in [-0.3, -0.25) is 0 Å². The highest BCUT2D eigenvalue weighted by molar-refractivity contribution is 7.90. The van der Waals surface area contributed by atoms with Gasteiger partial charge in [0, 0.05) is 31.1 Å². The van der Waals surface area contributed by atoms with E-state index in [9.17, 15) is 26.5 Å². The van der Waals surface area contributed by atoms with Crippen molar-refractivity contribution in [2.45, 2.75) is 44.1 Å². The Morgan fingerprint density at radius 3 is 2.55 bits per heavy atom. The summed E-state index contributed by atoms with van der Waals surface area (Å²) < 4.78 is 66.6. The van der Waals surface area contributed by atoms with Crippen LogP contribution in [0.4, 0.5) is 19.1 Å². The van der Waals surface area contributed by atoms with Gasteiger partial charge in [-0.05, 0) is 24.1 Å². The number of halogens is 3. The highest BCUT2D eigenvalue weighted by atomic mass is 32.2. The molecule has 0 saturated heterocycles. The minimum absolute atomic E-state index is 0.0792. The van der Waals surface area contributed by atoms with E-state index >= 15 is 0 Å². The highest BCUT2D eigenvalue weighted by Gasteiger charge is 2.39. The number of aromatic nitrogens is 4. The van der Waals surface area contributed by atoms with Crippen molar-refractivity contribution in [2.75, 3.05) is 17.7 Å². The van der Waals surface area contributed by atoms with Crippen LogP contribution in [0.2, 0.25) is 0 Å². The van der Waals surface area contributed by atoms with Crippen LogP contribution in [0.15, 0.2) is 34.5 Å². The molecule has 1 aromatic carbocycles. The largest absolute Gasteiger partial charge is 0.433 e. The van der Waals surface area contributed by atoms with Gasteiger partial charge in [-0.25, -0.2) is 23.4 Å². The third kappa shape index (κ3) is 4.16. The van der Waals surface area contributed by atoms with Gasteiger partial charge in [0.05, 0.1) is 22.0 Å². The van der Waals surface area contributed by atoms with E-state index in [1.54, 1.807) is 17.0 Å². The molecule has 1 atom stereocenters. The average molecular weight is 482 g/mol. The standard InChI is InChI=1S/C20H21F3N6O3S/c1-11(2)16-18-26-14-5-4-13(33(3,31)32)8-15(14)28(18)6-7-29(16)19-24-9-12(10-25-30)17(27-19)20(21,22)23/h4-5,8-9,11,16H,6-7,10H2,1-3H3. The maximum absolute atomic E-state index is 13.6. The molecular weight excluding hydrogens is 461 g/mol. The minimum Gasteiger partial charge on any atom is -0.329 e. The monoisotopic (exact) mass is 482 g/mol. The fraction of sp³-hybridized carbons (Fsp3) is 0.450. The molecule has 2 aromatic heterocycles. The topological polar surface area (TPSA) is 110 Å². The maximum atomic E-state index is 13.6. The Kier molecular flexibility index (Phi) is 5.63. The van der Waals surface area contributed by atoms with Crippen LogP contribution in [-0.2, 0) is 29.1 Å². The number of rotatable bonds is 5. The van der Waals surface area contributed by atoms with Crippen molar-refractivity contribution in [3.63, 3.8) is 0 Å². The van der Waals surface area contributed by atoms with E-state index in [1.807, 2.05) is 18.4 Å². The first-order valence-corrected chi connectivity index (χ1v) is 12.0. The molecule has 0 spiro atoms. The van der Waals surface area contributed by atoms with Crippen LogP contribution < -0.4 is 4.90 Å². The van der Waals surface area contributed by atoms with Crippen molar-refractivity contribution in [2.24, 2.45) is 11.1 Å². The van der Waals surface area contributed by atoms with E-state index in [0.717, 1.165) is 12.5 Å². The lowest BCUT2D eigenvalue weighted by molar-refractivity contribution is -0.141. The number of nitroso groups, excluding NO2 is 1. The normalized spacial score (nSPS) is 16.9. The van der Waals surface area contributed by atoms with Gasteiger partial charge in [0.1, 0.15) is 12.4 Å². The molecule has 1 aliphatic rings. The quantitative estimate of drug-likeness (QED) is 0.510. The van der Waals surface area contributed by atoms with E-state index < -0.39 is 34.3 Å². The molecule has 13 heteroatoms. The molecule has 3 aromatic rings. The maximum Gasteiger partial charge on any atom is 0.433 e. The molecule has 0 amide bonds. The third-order valence-corrected chi connectivity index (χ3v) is 6.70. The molecule has 0 N–H and O–H groups in total. The van der Waals surface area contributed by atoms with Crippen LogP contribution in [0.5, 0.6) is 0 Å². The predicted octanol–water partition coefficient (Wildman–Crippen LogP) is 3.73. The number of imidazole rings is 1. The fourth-order valence-corrected chi connectivity index (χ4v) is 4.79. The molecule has 0 aliphatic carbocycles. The molecule has 3 heterocycles. The SMILES string of the molecule is CC(C)C1c2nc3ccc(S(C)(=O)=O)cc3n2CCN1c1ncc(CN=O)c(C(F)(F)F)n1. The van der Waals surface area contributed by atoms with Crippen molar-refractivity contribution in [3.8, 4) is 0 Å². The van der Waals surface area contributed by atoms with Crippen molar-refractivity contribution in [1.82, 2.24) is 19.5 Å². The number of sulfone groups is 1. The van der Waals surface area contributed by atoms with E-state index in [-0.39, 0.29) is 28.9 Å². The first-order chi connectivity index (χ1) is 15.4. The summed E-state index contributed by atoms with van der Waals surface area (Å²) in [5, 5.41) is 2.54. The number of alkyl halides is 3. The Morgan fingerprint density at radius 2 is 1.94 bits per heavy atom. The van der Waals surface area contributed by atoms with Crippen LogP contribution in [0.3, 0.4) is 0 Å². The van der Waals surface area contributed by atoms with Crippen LogP contribution in [0, 0.1) is 10.8 Å². The molecule has 0 fully saturated rings. The molecule has 176 valence electrons. The Bertz CT molecular complexity index is 1340. The lowest BCUT2D eigenvalue weighted by Gasteiger charge is -2.38. The second-order valence-corrected chi connectivity index (χ2v) is 10.3. The first kappa shape index (κ1) is 23.1. The molecule has 0 bridgehead atoms.